The number of benzene rings is 5. The van der Waals surface area contributed by atoms with Crippen molar-refractivity contribution in [2.75, 3.05) is 22.1 Å². The van der Waals surface area contributed by atoms with Gasteiger partial charge in [0, 0.05) is 80.3 Å². The lowest BCUT2D eigenvalue weighted by atomic mass is 9.83. The summed E-state index contributed by atoms with van der Waals surface area (Å²) in [7, 11) is 0. The zero-order chi connectivity index (χ0) is 30.5. The molecule has 0 heterocycles. The average molecular weight is 579 g/mol. The maximum atomic E-state index is 13.1. The summed E-state index contributed by atoms with van der Waals surface area (Å²) < 4.78 is 0. The maximum absolute atomic E-state index is 13.1. The van der Waals surface area contributed by atoms with Crippen LogP contribution in [0.5, 0.6) is 0 Å². The first-order chi connectivity index (χ1) is 21.3. The molecule has 6 N–H and O–H groups in total. The van der Waals surface area contributed by atoms with Crippen molar-refractivity contribution in [3.63, 3.8) is 0 Å². The van der Waals surface area contributed by atoms with Crippen LogP contribution in [0.1, 0.15) is 74.8 Å². The first-order valence-electron chi connectivity index (χ1n) is 14.1. The number of nitrogens with one attached hydrogen (secondary N) is 2. The Balaban J connectivity index is 1.03. The van der Waals surface area contributed by atoms with E-state index in [1.165, 1.54) is 0 Å². The third kappa shape index (κ3) is 4.59. The lowest BCUT2D eigenvalue weighted by Gasteiger charge is -2.19. The Morgan fingerprint density at radius 3 is 1.18 bits per heavy atom. The van der Waals surface area contributed by atoms with Crippen LogP contribution in [-0.2, 0) is 13.1 Å². The summed E-state index contributed by atoms with van der Waals surface area (Å²) in [6.45, 7) is 1.00. The minimum absolute atomic E-state index is 0.200. The van der Waals surface area contributed by atoms with Gasteiger partial charge in [-0.25, -0.2) is 0 Å². The number of ketones is 4. The number of rotatable bonds is 6. The number of anilines is 4. The summed E-state index contributed by atoms with van der Waals surface area (Å²) in [4.78, 5) is 52.3. The van der Waals surface area contributed by atoms with Crippen LogP contribution in [0, 0.1) is 0 Å². The van der Waals surface area contributed by atoms with Crippen molar-refractivity contribution in [1.82, 2.24) is 0 Å². The highest BCUT2D eigenvalue weighted by atomic mass is 16.1. The highest BCUT2D eigenvalue weighted by molar-refractivity contribution is 6.29. The molecule has 0 saturated carbocycles. The molecule has 0 radical (unpaired) electrons. The Morgan fingerprint density at radius 1 is 0.409 bits per heavy atom. The number of hydrogen-bond donors (Lipinski definition) is 4. The molecule has 44 heavy (non-hydrogen) atoms. The summed E-state index contributed by atoms with van der Waals surface area (Å²) >= 11 is 0. The molecule has 0 unspecified atom stereocenters. The Labute approximate surface area is 252 Å². The number of hydrogen-bond acceptors (Lipinski definition) is 8. The maximum Gasteiger partial charge on any atom is 0.194 e. The molecule has 0 spiro atoms. The van der Waals surface area contributed by atoms with Crippen molar-refractivity contribution in [1.29, 1.82) is 0 Å². The van der Waals surface area contributed by atoms with Crippen molar-refractivity contribution >= 4 is 45.9 Å². The minimum Gasteiger partial charge on any atom is -0.399 e. The largest absolute Gasteiger partial charge is 0.399 e. The van der Waals surface area contributed by atoms with Gasteiger partial charge in [-0.15, -0.1) is 0 Å². The number of fused-ring (bicyclic) bond motifs is 4. The molecule has 0 amide bonds. The number of carbonyl (C=O) groups is 4. The third-order valence-electron chi connectivity index (χ3n) is 8.07. The van der Waals surface area contributed by atoms with E-state index in [1.807, 2.05) is 18.2 Å². The molecule has 0 aliphatic heterocycles. The fourth-order valence-electron chi connectivity index (χ4n) is 5.81. The van der Waals surface area contributed by atoms with Gasteiger partial charge in [0.15, 0.2) is 23.1 Å². The summed E-state index contributed by atoms with van der Waals surface area (Å²) in [5, 5.41) is 6.71. The van der Waals surface area contributed by atoms with Crippen molar-refractivity contribution in [3.05, 3.63) is 153 Å². The Morgan fingerprint density at radius 2 is 0.773 bits per heavy atom. The first-order valence-corrected chi connectivity index (χ1v) is 14.1. The van der Waals surface area contributed by atoms with Crippen LogP contribution in [0.4, 0.5) is 22.7 Å². The number of carbonyl (C=O) groups excluding carboxylic acids is 4. The minimum atomic E-state index is -0.210. The molecule has 5 aromatic carbocycles. The van der Waals surface area contributed by atoms with Gasteiger partial charge in [-0.2, -0.15) is 0 Å². The summed E-state index contributed by atoms with van der Waals surface area (Å²) in [6, 6.07) is 27.9. The van der Waals surface area contributed by atoms with E-state index in [-0.39, 0.29) is 23.1 Å². The highest BCUT2D eigenvalue weighted by Crippen LogP contribution is 2.32. The second-order valence-corrected chi connectivity index (χ2v) is 11.0. The van der Waals surface area contributed by atoms with E-state index in [2.05, 4.69) is 16.7 Å². The van der Waals surface area contributed by atoms with Crippen molar-refractivity contribution in [3.8, 4) is 0 Å². The molecule has 2 aliphatic rings. The van der Waals surface area contributed by atoms with Crippen LogP contribution in [0.25, 0.3) is 0 Å². The molecule has 5 aromatic rings. The monoisotopic (exact) mass is 578 g/mol. The van der Waals surface area contributed by atoms with Crippen LogP contribution < -0.4 is 22.1 Å². The topological polar surface area (TPSA) is 144 Å². The normalized spacial score (nSPS) is 13.1. The van der Waals surface area contributed by atoms with Crippen molar-refractivity contribution in [2.24, 2.45) is 0 Å². The van der Waals surface area contributed by atoms with Gasteiger partial charge in [0.25, 0.3) is 0 Å². The van der Waals surface area contributed by atoms with Crippen LogP contribution >= 0.6 is 0 Å². The van der Waals surface area contributed by atoms with Crippen molar-refractivity contribution < 1.29 is 19.2 Å². The van der Waals surface area contributed by atoms with Gasteiger partial charge in [-0.1, -0.05) is 24.3 Å². The highest BCUT2D eigenvalue weighted by Gasteiger charge is 2.31. The molecule has 2 aliphatic carbocycles. The predicted molar refractivity (Wildman–Crippen MR) is 169 cm³/mol. The average Bonchev–Trinajstić information content (AvgIpc) is 3.04. The molecular formula is C36H26N4O4. The Bertz CT molecular complexity index is 1940. The van der Waals surface area contributed by atoms with Gasteiger partial charge in [0.05, 0.1) is 0 Å². The quantitative estimate of drug-likeness (QED) is 0.186. The fourth-order valence-corrected chi connectivity index (χ4v) is 5.81. The van der Waals surface area contributed by atoms with Gasteiger partial charge >= 0.3 is 0 Å². The van der Waals surface area contributed by atoms with E-state index in [1.54, 1.807) is 72.8 Å². The van der Waals surface area contributed by atoms with Gasteiger partial charge in [-0.05, 0) is 83.9 Å². The lowest BCUT2D eigenvalue weighted by molar-refractivity contribution is 0.0979. The van der Waals surface area contributed by atoms with Crippen LogP contribution in [0.15, 0.2) is 97.1 Å². The molecule has 0 atom stereocenters. The molecule has 0 bridgehead atoms. The molecule has 8 heteroatoms. The summed E-state index contributed by atoms with van der Waals surface area (Å²) in [5.74, 6) is -0.820. The van der Waals surface area contributed by atoms with E-state index in [0.29, 0.717) is 69.0 Å². The molecule has 0 fully saturated rings. The van der Waals surface area contributed by atoms with Gasteiger partial charge in [0.2, 0.25) is 0 Å². The van der Waals surface area contributed by atoms with E-state index >= 15 is 0 Å². The zero-order valence-corrected chi connectivity index (χ0v) is 23.4. The fraction of sp³-hybridized carbons (Fsp3) is 0.0556. The second-order valence-electron chi connectivity index (χ2n) is 11.0. The van der Waals surface area contributed by atoms with E-state index in [0.717, 1.165) is 22.5 Å². The van der Waals surface area contributed by atoms with E-state index in [4.69, 9.17) is 11.5 Å². The van der Waals surface area contributed by atoms with Gasteiger partial charge in [-0.3, -0.25) is 19.2 Å². The standard InChI is InChI=1S/C36H26N4O4/c37-21-4-8-25-29(13-21)33(41)27-10-6-23(15-31(27)35(25)43)39-17-19-2-1-3-20(12-19)18-40-24-7-11-28-32(16-24)36(44)26-9-5-22(38)14-30(26)34(28)42/h1-16,39-40H,17-18,37-38H2. The molecule has 0 aromatic heterocycles. The first kappa shape index (κ1) is 26.9. The Kier molecular flexibility index (Phi) is 6.32. The zero-order valence-electron chi connectivity index (χ0n) is 23.4. The van der Waals surface area contributed by atoms with Gasteiger partial charge in [0.1, 0.15) is 0 Å². The smallest absolute Gasteiger partial charge is 0.194 e. The number of nitrogen functional groups attached to an aromatic ring is 2. The van der Waals surface area contributed by atoms with Crippen molar-refractivity contribution in [2.45, 2.75) is 13.1 Å². The summed E-state index contributed by atoms with van der Waals surface area (Å²) in [6.07, 6.45) is 0. The number of nitrogens with two attached hydrogens (primary N) is 2. The van der Waals surface area contributed by atoms with Crippen LogP contribution in [0.3, 0.4) is 0 Å². The SMILES string of the molecule is Nc1ccc2c(c1)C(=O)c1ccc(NCc3cccc(CNc4ccc5c(c4)C(=O)c4ccc(N)cc4C5=O)c3)cc1C2=O. The van der Waals surface area contributed by atoms with E-state index in [9.17, 15) is 19.2 Å². The molecule has 8 nitrogen and oxygen atoms in total. The summed E-state index contributed by atoms with van der Waals surface area (Å²) in [5.41, 5.74) is 18.9. The second kappa shape index (κ2) is 10.4. The third-order valence-corrected chi connectivity index (χ3v) is 8.07. The van der Waals surface area contributed by atoms with E-state index < -0.39 is 0 Å². The molecule has 7 rings (SSSR count). The van der Waals surface area contributed by atoms with Crippen LogP contribution in [0.2, 0.25) is 0 Å². The molecule has 214 valence electrons. The molecular weight excluding hydrogens is 552 g/mol. The van der Waals surface area contributed by atoms with Crippen LogP contribution in [-0.4, -0.2) is 23.1 Å². The predicted octanol–water partition coefficient (Wildman–Crippen LogP) is 5.63. The lowest BCUT2D eigenvalue weighted by Crippen LogP contribution is -2.21. The Hall–Kier alpha value is -6.02. The molecule has 0 saturated heterocycles. The van der Waals surface area contributed by atoms with Gasteiger partial charge < -0.3 is 22.1 Å².